The molecule has 0 unspecified atom stereocenters. The summed E-state index contributed by atoms with van der Waals surface area (Å²) in [7, 11) is 0. The average molecular weight is 413 g/mol. The molecule has 0 aromatic heterocycles. The van der Waals surface area contributed by atoms with Crippen LogP contribution in [-0.2, 0) is 27.4 Å². The zero-order chi connectivity index (χ0) is 21.6. The van der Waals surface area contributed by atoms with Crippen LogP contribution in [0.5, 0.6) is 0 Å². The van der Waals surface area contributed by atoms with E-state index in [4.69, 9.17) is 9.94 Å². The summed E-state index contributed by atoms with van der Waals surface area (Å²) >= 11 is 0. The molecule has 8 heteroatoms. The second kappa shape index (κ2) is 12.9. The van der Waals surface area contributed by atoms with Crippen LogP contribution in [-0.4, -0.2) is 35.7 Å². The van der Waals surface area contributed by atoms with E-state index in [0.29, 0.717) is 25.8 Å². The quantitative estimate of drug-likeness (QED) is 0.256. The molecule has 0 bridgehead atoms. The lowest BCUT2D eigenvalue weighted by Gasteiger charge is -2.17. The van der Waals surface area contributed by atoms with Crippen molar-refractivity contribution < 1.29 is 24.3 Å². The molecule has 0 fully saturated rings. The third-order valence-electron chi connectivity index (χ3n) is 4.41. The van der Waals surface area contributed by atoms with Gasteiger partial charge in [-0.2, -0.15) is 0 Å². The number of ether oxygens (including phenoxy) is 1. The number of carbonyl (C=O) groups is 3. The Labute approximate surface area is 175 Å². The van der Waals surface area contributed by atoms with Crippen molar-refractivity contribution in [2.75, 3.05) is 6.54 Å². The Hall–Kier alpha value is -3.39. The van der Waals surface area contributed by atoms with Gasteiger partial charge in [-0.15, -0.1) is 0 Å². The maximum Gasteiger partial charge on any atom is 0.408 e. The van der Waals surface area contributed by atoms with E-state index in [1.807, 2.05) is 60.7 Å². The molecule has 0 saturated carbocycles. The van der Waals surface area contributed by atoms with Gasteiger partial charge in [0.05, 0.1) is 0 Å². The number of nitrogens with one attached hydrogen (secondary N) is 3. The van der Waals surface area contributed by atoms with Crippen LogP contribution in [0.4, 0.5) is 4.79 Å². The van der Waals surface area contributed by atoms with E-state index in [1.165, 1.54) is 5.48 Å². The maximum atomic E-state index is 11.9. The molecular formula is C22H27N3O5. The van der Waals surface area contributed by atoms with Crippen molar-refractivity contribution in [2.24, 2.45) is 0 Å². The maximum absolute atomic E-state index is 11.9. The molecule has 0 aliphatic carbocycles. The number of alkyl carbamates (subject to hydrolysis) is 1. The highest BCUT2D eigenvalue weighted by molar-refractivity contribution is 5.84. The lowest BCUT2D eigenvalue weighted by atomic mass is 10.1. The lowest BCUT2D eigenvalue weighted by Crippen LogP contribution is -2.46. The van der Waals surface area contributed by atoms with Gasteiger partial charge in [0.2, 0.25) is 5.91 Å². The number of rotatable bonds is 11. The molecule has 2 aromatic rings. The summed E-state index contributed by atoms with van der Waals surface area (Å²) in [5.41, 5.74) is 3.44. The van der Waals surface area contributed by atoms with Crippen molar-refractivity contribution >= 4 is 17.9 Å². The number of amides is 3. The molecule has 8 nitrogen and oxygen atoms in total. The molecule has 4 N–H and O–H groups in total. The fourth-order valence-corrected chi connectivity index (χ4v) is 2.78. The Balaban J connectivity index is 1.67. The van der Waals surface area contributed by atoms with Crippen LogP contribution in [0.2, 0.25) is 0 Å². The van der Waals surface area contributed by atoms with Gasteiger partial charge < -0.3 is 15.4 Å². The van der Waals surface area contributed by atoms with Gasteiger partial charge in [0.15, 0.2) is 0 Å². The van der Waals surface area contributed by atoms with Gasteiger partial charge in [-0.3, -0.25) is 14.8 Å². The topological polar surface area (TPSA) is 117 Å². The number of hydrogen-bond acceptors (Lipinski definition) is 5. The molecule has 0 aliphatic rings. The van der Waals surface area contributed by atoms with Crippen LogP contribution in [0.1, 0.15) is 30.4 Å². The van der Waals surface area contributed by atoms with E-state index in [9.17, 15) is 14.4 Å². The minimum Gasteiger partial charge on any atom is -0.445 e. The molecule has 0 spiro atoms. The molecule has 1 atom stereocenters. The molecule has 3 amide bonds. The summed E-state index contributed by atoms with van der Waals surface area (Å²) < 4.78 is 5.09. The molecular weight excluding hydrogens is 386 g/mol. The van der Waals surface area contributed by atoms with Crippen LogP contribution in [0, 0.1) is 0 Å². The first-order valence-corrected chi connectivity index (χ1v) is 9.80. The van der Waals surface area contributed by atoms with Crippen LogP contribution >= 0.6 is 0 Å². The Morgan fingerprint density at radius 1 is 0.933 bits per heavy atom. The Morgan fingerprint density at radius 3 is 2.20 bits per heavy atom. The van der Waals surface area contributed by atoms with Gasteiger partial charge in [-0.25, -0.2) is 10.3 Å². The van der Waals surface area contributed by atoms with Crippen molar-refractivity contribution in [2.45, 2.75) is 38.3 Å². The highest BCUT2D eigenvalue weighted by Crippen LogP contribution is 2.04. The van der Waals surface area contributed by atoms with E-state index in [-0.39, 0.29) is 18.9 Å². The van der Waals surface area contributed by atoms with Crippen LogP contribution in [0.15, 0.2) is 60.7 Å². The van der Waals surface area contributed by atoms with E-state index < -0.39 is 18.0 Å². The van der Waals surface area contributed by atoms with Crippen LogP contribution < -0.4 is 16.1 Å². The molecule has 0 heterocycles. The predicted molar refractivity (Wildman–Crippen MR) is 110 cm³/mol. The van der Waals surface area contributed by atoms with Gasteiger partial charge in [0, 0.05) is 13.0 Å². The first-order valence-electron chi connectivity index (χ1n) is 9.80. The zero-order valence-corrected chi connectivity index (χ0v) is 16.7. The normalized spacial score (nSPS) is 11.2. The lowest BCUT2D eigenvalue weighted by molar-refractivity contribution is -0.131. The Bertz CT molecular complexity index is 799. The van der Waals surface area contributed by atoms with Crippen molar-refractivity contribution in [3.05, 3.63) is 71.8 Å². The average Bonchev–Trinajstić information content (AvgIpc) is 2.79. The van der Waals surface area contributed by atoms with Crippen LogP contribution in [0.25, 0.3) is 0 Å². The number of aryl methyl sites for hydroxylation is 1. The highest BCUT2D eigenvalue weighted by atomic mass is 16.5. The van der Waals surface area contributed by atoms with Crippen LogP contribution in [0.3, 0.4) is 0 Å². The van der Waals surface area contributed by atoms with Gasteiger partial charge in [-0.05, 0) is 30.4 Å². The number of hydroxylamine groups is 1. The van der Waals surface area contributed by atoms with Crippen molar-refractivity contribution in [1.82, 2.24) is 16.1 Å². The molecule has 160 valence electrons. The smallest absolute Gasteiger partial charge is 0.408 e. The third kappa shape index (κ3) is 8.74. The van der Waals surface area contributed by atoms with Crippen molar-refractivity contribution in [3.8, 4) is 0 Å². The number of hydrogen-bond donors (Lipinski definition) is 4. The third-order valence-corrected chi connectivity index (χ3v) is 4.41. The van der Waals surface area contributed by atoms with E-state index in [0.717, 1.165) is 11.1 Å². The summed E-state index contributed by atoms with van der Waals surface area (Å²) in [5.74, 6) is -0.834. The molecule has 0 radical (unpaired) electrons. The van der Waals surface area contributed by atoms with Crippen molar-refractivity contribution in [3.63, 3.8) is 0 Å². The SMILES string of the molecule is O=C(CCc1ccccc1)NCCC[C@H](NC(=O)OCc1ccccc1)C(=O)NO. The second-order valence-corrected chi connectivity index (χ2v) is 6.71. The Morgan fingerprint density at radius 2 is 1.57 bits per heavy atom. The standard InChI is InChI=1S/C22H27N3O5/c26-20(14-13-17-8-3-1-4-9-17)23-15-7-12-19(21(27)25-29)24-22(28)30-16-18-10-5-2-6-11-18/h1-6,8-11,19,29H,7,12-16H2,(H,23,26)(H,24,28)(H,25,27)/t19-/m0/s1. The minimum atomic E-state index is -0.973. The number of benzene rings is 2. The summed E-state index contributed by atoms with van der Waals surface area (Å²) in [6.07, 6.45) is 0.922. The van der Waals surface area contributed by atoms with Crippen molar-refractivity contribution in [1.29, 1.82) is 0 Å². The van der Waals surface area contributed by atoms with Gasteiger partial charge in [-0.1, -0.05) is 60.7 Å². The second-order valence-electron chi connectivity index (χ2n) is 6.71. The first-order chi connectivity index (χ1) is 14.6. The van der Waals surface area contributed by atoms with Gasteiger partial charge >= 0.3 is 6.09 Å². The fourth-order valence-electron chi connectivity index (χ4n) is 2.78. The summed E-state index contributed by atoms with van der Waals surface area (Å²) in [5, 5.41) is 14.1. The predicted octanol–water partition coefficient (Wildman–Crippen LogP) is 2.32. The van der Waals surface area contributed by atoms with E-state index in [2.05, 4.69) is 10.6 Å². The molecule has 2 aromatic carbocycles. The monoisotopic (exact) mass is 413 g/mol. The first kappa shape index (κ1) is 22.9. The zero-order valence-electron chi connectivity index (χ0n) is 16.7. The molecule has 0 aliphatic heterocycles. The van der Waals surface area contributed by atoms with Gasteiger partial charge in [0.25, 0.3) is 5.91 Å². The number of carbonyl (C=O) groups excluding carboxylic acids is 3. The Kier molecular flexibility index (Phi) is 9.88. The molecule has 0 saturated heterocycles. The van der Waals surface area contributed by atoms with E-state index in [1.54, 1.807) is 0 Å². The summed E-state index contributed by atoms with van der Waals surface area (Å²) in [4.78, 5) is 35.7. The van der Waals surface area contributed by atoms with Gasteiger partial charge in [0.1, 0.15) is 12.6 Å². The summed E-state index contributed by atoms with van der Waals surface area (Å²) in [6.45, 7) is 0.418. The van der Waals surface area contributed by atoms with E-state index >= 15 is 0 Å². The molecule has 30 heavy (non-hydrogen) atoms. The fraction of sp³-hybridized carbons (Fsp3) is 0.318. The minimum absolute atomic E-state index is 0.0671. The highest BCUT2D eigenvalue weighted by Gasteiger charge is 2.20. The summed E-state index contributed by atoms with van der Waals surface area (Å²) in [6, 6.07) is 17.9. The largest absolute Gasteiger partial charge is 0.445 e. The molecule has 2 rings (SSSR count).